The van der Waals surface area contributed by atoms with Crippen LogP contribution in [0, 0.1) is 0 Å². The van der Waals surface area contributed by atoms with Gasteiger partial charge in [0.15, 0.2) is 11.5 Å². The van der Waals surface area contributed by atoms with Crippen molar-refractivity contribution in [1.29, 1.82) is 0 Å². The fourth-order valence-electron chi connectivity index (χ4n) is 3.07. The lowest BCUT2D eigenvalue weighted by atomic mass is 10.2. The first-order chi connectivity index (χ1) is 15.0. The lowest BCUT2D eigenvalue weighted by Crippen LogP contribution is -2.16. The van der Waals surface area contributed by atoms with Crippen LogP contribution in [-0.2, 0) is 14.6 Å². The van der Waals surface area contributed by atoms with Crippen molar-refractivity contribution in [3.8, 4) is 23.0 Å². The van der Waals surface area contributed by atoms with E-state index in [2.05, 4.69) is 10.3 Å². The summed E-state index contributed by atoms with van der Waals surface area (Å²) in [6.45, 7) is 1.72. The fourth-order valence-corrected chi connectivity index (χ4v) is 4.58. The number of aromatic nitrogens is 1. The Morgan fingerprint density at radius 3 is 2.68 bits per heavy atom. The lowest BCUT2D eigenvalue weighted by molar-refractivity contribution is 0.171. The molecule has 164 valence electrons. The molecule has 3 aromatic rings. The number of halogens is 1. The number of fused-ring (bicyclic) bond motifs is 1. The molecule has 10 heteroatoms. The van der Waals surface area contributed by atoms with Crippen LogP contribution < -0.4 is 14.8 Å². The molecule has 0 unspecified atom stereocenters. The standard InChI is InChI=1S/C21H21ClN2O6S/c1-27-10-4-9-23-20-21(24-19(30-20)15-5-2-3-6-16(15)22)31(25,26)14-7-8-17-18(13-14)29-12-11-28-17/h2-3,5-8,13,23H,4,9-12H2,1H3. The summed E-state index contributed by atoms with van der Waals surface area (Å²) in [5.74, 6) is 1.02. The van der Waals surface area contributed by atoms with E-state index in [4.69, 9.17) is 30.2 Å². The summed E-state index contributed by atoms with van der Waals surface area (Å²) >= 11 is 6.26. The third kappa shape index (κ3) is 4.48. The Morgan fingerprint density at radius 2 is 1.90 bits per heavy atom. The summed E-state index contributed by atoms with van der Waals surface area (Å²) in [4.78, 5) is 4.32. The van der Waals surface area contributed by atoms with Crippen molar-refractivity contribution in [2.45, 2.75) is 16.3 Å². The first-order valence-electron chi connectivity index (χ1n) is 9.64. The predicted octanol–water partition coefficient (Wildman–Crippen LogP) is 4.05. The van der Waals surface area contributed by atoms with Crippen molar-refractivity contribution < 1.29 is 27.0 Å². The van der Waals surface area contributed by atoms with E-state index >= 15 is 0 Å². The van der Waals surface area contributed by atoms with Crippen molar-refractivity contribution in [2.24, 2.45) is 0 Å². The van der Waals surface area contributed by atoms with Crippen molar-refractivity contribution in [3.63, 3.8) is 0 Å². The van der Waals surface area contributed by atoms with E-state index in [1.165, 1.54) is 12.1 Å². The van der Waals surface area contributed by atoms with Crippen LogP contribution in [0.5, 0.6) is 11.5 Å². The van der Waals surface area contributed by atoms with Gasteiger partial charge >= 0.3 is 0 Å². The van der Waals surface area contributed by atoms with Crippen LogP contribution in [0.15, 0.2) is 56.8 Å². The molecule has 1 aromatic heterocycles. The number of anilines is 1. The number of hydrogen-bond donors (Lipinski definition) is 1. The molecule has 0 atom stereocenters. The minimum Gasteiger partial charge on any atom is -0.486 e. The lowest BCUT2D eigenvalue weighted by Gasteiger charge is -2.18. The molecule has 0 fully saturated rings. The van der Waals surface area contributed by atoms with Crippen molar-refractivity contribution in [2.75, 3.05) is 38.8 Å². The summed E-state index contributed by atoms with van der Waals surface area (Å²) < 4.78 is 48.7. The van der Waals surface area contributed by atoms with E-state index < -0.39 is 9.84 Å². The molecule has 0 aliphatic carbocycles. The Morgan fingerprint density at radius 1 is 1.13 bits per heavy atom. The third-order valence-corrected chi connectivity index (χ3v) is 6.58. The molecule has 2 aromatic carbocycles. The summed E-state index contributed by atoms with van der Waals surface area (Å²) in [7, 11) is -2.42. The van der Waals surface area contributed by atoms with Gasteiger partial charge in [0.1, 0.15) is 13.2 Å². The number of ether oxygens (including phenoxy) is 3. The molecular weight excluding hydrogens is 444 g/mol. The van der Waals surface area contributed by atoms with Gasteiger partial charge in [0, 0.05) is 26.3 Å². The first-order valence-corrected chi connectivity index (χ1v) is 11.5. The van der Waals surface area contributed by atoms with Crippen molar-refractivity contribution in [3.05, 3.63) is 47.5 Å². The van der Waals surface area contributed by atoms with E-state index in [0.717, 1.165) is 0 Å². The zero-order valence-electron chi connectivity index (χ0n) is 16.8. The van der Waals surface area contributed by atoms with Gasteiger partial charge in [-0.15, -0.1) is 0 Å². The molecule has 0 radical (unpaired) electrons. The quantitative estimate of drug-likeness (QED) is 0.498. The molecule has 0 bridgehead atoms. The van der Waals surface area contributed by atoms with Crippen LogP contribution in [-0.4, -0.2) is 46.9 Å². The van der Waals surface area contributed by atoms with Crippen LogP contribution in [0.25, 0.3) is 11.5 Å². The number of hydrogen-bond acceptors (Lipinski definition) is 8. The number of nitrogens with one attached hydrogen (secondary N) is 1. The average Bonchev–Trinajstić information content (AvgIpc) is 3.21. The zero-order valence-corrected chi connectivity index (χ0v) is 18.3. The third-order valence-electron chi connectivity index (χ3n) is 4.59. The highest BCUT2D eigenvalue weighted by atomic mass is 35.5. The number of nitrogens with zero attached hydrogens (tertiary/aromatic N) is 1. The predicted molar refractivity (Wildman–Crippen MR) is 115 cm³/mol. The molecule has 0 spiro atoms. The molecule has 8 nitrogen and oxygen atoms in total. The second-order valence-corrected chi connectivity index (χ2v) is 8.99. The van der Waals surface area contributed by atoms with Crippen LogP contribution in [0.2, 0.25) is 5.02 Å². The van der Waals surface area contributed by atoms with Gasteiger partial charge in [-0.05, 0) is 30.7 Å². The number of sulfone groups is 1. The summed E-state index contributed by atoms with van der Waals surface area (Å²) in [5.41, 5.74) is 0.493. The van der Waals surface area contributed by atoms with Crippen molar-refractivity contribution >= 4 is 27.3 Å². The van der Waals surface area contributed by atoms with Crippen LogP contribution >= 0.6 is 11.6 Å². The minimum atomic E-state index is -4.02. The fraction of sp³-hybridized carbons (Fsp3) is 0.286. The Hall–Kier alpha value is -2.75. The minimum absolute atomic E-state index is 0.0238. The normalized spacial score (nSPS) is 13.2. The van der Waals surface area contributed by atoms with Gasteiger partial charge in [-0.3, -0.25) is 0 Å². The van der Waals surface area contributed by atoms with Crippen LogP contribution in [0.4, 0.5) is 5.88 Å². The van der Waals surface area contributed by atoms with Gasteiger partial charge in [-0.25, -0.2) is 8.42 Å². The highest BCUT2D eigenvalue weighted by Gasteiger charge is 2.30. The molecule has 1 aliphatic heterocycles. The number of benzene rings is 2. The van der Waals surface area contributed by atoms with Gasteiger partial charge in [0.2, 0.25) is 26.6 Å². The molecule has 2 heterocycles. The van der Waals surface area contributed by atoms with Crippen molar-refractivity contribution in [1.82, 2.24) is 4.98 Å². The van der Waals surface area contributed by atoms with E-state index in [1.54, 1.807) is 37.4 Å². The largest absolute Gasteiger partial charge is 0.486 e. The zero-order chi connectivity index (χ0) is 21.8. The van der Waals surface area contributed by atoms with Gasteiger partial charge in [0.25, 0.3) is 0 Å². The maximum absolute atomic E-state index is 13.4. The monoisotopic (exact) mass is 464 g/mol. The molecule has 1 N–H and O–H groups in total. The van der Waals surface area contributed by atoms with Gasteiger partial charge in [-0.1, -0.05) is 23.7 Å². The molecule has 1 aliphatic rings. The molecule has 0 saturated heterocycles. The smallest absolute Gasteiger partial charge is 0.233 e. The highest BCUT2D eigenvalue weighted by Crippen LogP contribution is 2.38. The molecule has 0 saturated carbocycles. The summed E-state index contributed by atoms with van der Waals surface area (Å²) in [6, 6.07) is 11.4. The van der Waals surface area contributed by atoms with E-state index in [0.29, 0.717) is 54.9 Å². The van der Waals surface area contributed by atoms with Gasteiger partial charge < -0.3 is 23.9 Å². The van der Waals surface area contributed by atoms with Crippen LogP contribution in [0.3, 0.4) is 0 Å². The topological polar surface area (TPSA) is 99.9 Å². The highest BCUT2D eigenvalue weighted by molar-refractivity contribution is 7.91. The summed E-state index contributed by atoms with van der Waals surface area (Å²) in [6.07, 6.45) is 0.655. The van der Waals surface area contributed by atoms with E-state index in [-0.39, 0.29) is 21.7 Å². The Balaban J connectivity index is 1.75. The van der Waals surface area contributed by atoms with Crippen LogP contribution in [0.1, 0.15) is 6.42 Å². The second kappa shape index (κ2) is 9.17. The molecule has 4 rings (SSSR count). The maximum atomic E-state index is 13.4. The average molecular weight is 465 g/mol. The second-order valence-electron chi connectivity index (χ2n) is 6.72. The Labute approximate surface area is 185 Å². The van der Waals surface area contributed by atoms with E-state index in [9.17, 15) is 8.42 Å². The van der Waals surface area contributed by atoms with Gasteiger partial charge in [-0.2, -0.15) is 4.98 Å². The maximum Gasteiger partial charge on any atom is 0.233 e. The molecular formula is C21H21ClN2O6S. The first kappa shape index (κ1) is 21.5. The number of rotatable bonds is 8. The Bertz CT molecular complexity index is 1180. The van der Waals surface area contributed by atoms with Gasteiger partial charge in [0.05, 0.1) is 15.5 Å². The Kier molecular flexibility index (Phi) is 6.35. The van der Waals surface area contributed by atoms with E-state index in [1.807, 2.05) is 0 Å². The number of methoxy groups -OCH3 is 1. The number of oxazole rings is 1. The molecule has 0 amide bonds. The summed E-state index contributed by atoms with van der Waals surface area (Å²) in [5, 5.41) is 3.18. The molecule has 31 heavy (non-hydrogen) atoms. The SMILES string of the molecule is COCCCNc1oc(-c2ccccc2Cl)nc1S(=O)(=O)c1ccc2c(c1)OCCO2.